The van der Waals surface area contributed by atoms with Crippen LogP contribution in [0, 0.1) is 0 Å². The topological polar surface area (TPSA) is 68.6 Å². The standard InChI is InChI=1S/C16H12N2.C15H10N2O/c1-2-16-17-10-9-15(18-16)14-8-7-12-5-3-4-6-13(12)11-14;18-10-15-16-8-7-14(17-15)13-6-5-11-3-1-2-4-12(11)9-13/h2-11H,1H2;1-10H. The zero-order valence-corrected chi connectivity index (χ0v) is 19.5. The van der Waals surface area contributed by atoms with E-state index in [0.29, 0.717) is 12.1 Å². The molecule has 0 aliphatic heterocycles. The summed E-state index contributed by atoms with van der Waals surface area (Å²) in [5.74, 6) is 0.862. The van der Waals surface area contributed by atoms with Gasteiger partial charge in [0.2, 0.25) is 0 Å². The first kappa shape index (κ1) is 22.7. The van der Waals surface area contributed by atoms with Crippen LogP contribution in [0.4, 0.5) is 0 Å². The Morgan fingerprint density at radius 1 is 0.556 bits per heavy atom. The predicted octanol–water partition coefficient (Wildman–Crippen LogP) is 7.05. The van der Waals surface area contributed by atoms with E-state index in [1.807, 2.05) is 42.5 Å². The summed E-state index contributed by atoms with van der Waals surface area (Å²) in [7, 11) is 0. The minimum absolute atomic E-state index is 0.209. The molecule has 0 saturated carbocycles. The number of carbonyl (C=O) groups excluding carboxylic acids is 1. The Morgan fingerprint density at radius 2 is 1.03 bits per heavy atom. The summed E-state index contributed by atoms with van der Waals surface area (Å²) in [6.07, 6.45) is 5.67. The predicted molar refractivity (Wildman–Crippen MR) is 145 cm³/mol. The first-order valence-electron chi connectivity index (χ1n) is 11.5. The van der Waals surface area contributed by atoms with Gasteiger partial charge in [-0.15, -0.1) is 0 Å². The van der Waals surface area contributed by atoms with Gasteiger partial charge in [-0.1, -0.05) is 79.4 Å². The molecule has 0 bridgehead atoms. The van der Waals surface area contributed by atoms with Gasteiger partial charge in [-0.2, -0.15) is 0 Å². The Hall–Kier alpha value is -5.03. The van der Waals surface area contributed by atoms with Gasteiger partial charge in [0.05, 0.1) is 11.4 Å². The molecule has 0 unspecified atom stereocenters. The smallest absolute Gasteiger partial charge is 0.193 e. The second kappa shape index (κ2) is 10.5. The number of aromatic nitrogens is 4. The van der Waals surface area contributed by atoms with Gasteiger partial charge < -0.3 is 0 Å². The lowest BCUT2D eigenvalue weighted by molar-refractivity contribution is 0.111. The van der Waals surface area contributed by atoms with Gasteiger partial charge in [0.25, 0.3) is 0 Å². The molecule has 2 heterocycles. The maximum absolute atomic E-state index is 10.7. The third-order valence-corrected chi connectivity index (χ3v) is 5.73. The third-order valence-electron chi connectivity index (χ3n) is 5.73. The molecule has 0 amide bonds. The minimum atomic E-state index is 0.209. The molecule has 6 rings (SSSR count). The zero-order chi connectivity index (χ0) is 24.7. The summed E-state index contributed by atoms with van der Waals surface area (Å²) in [6.45, 7) is 3.69. The summed E-state index contributed by atoms with van der Waals surface area (Å²) in [4.78, 5) is 27.3. The number of fused-ring (bicyclic) bond motifs is 2. The van der Waals surface area contributed by atoms with E-state index in [-0.39, 0.29) is 5.82 Å². The molecule has 0 N–H and O–H groups in total. The fourth-order valence-electron chi connectivity index (χ4n) is 3.92. The Labute approximate surface area is 208 Å². The van der Waals surface area contributed by atoms with Crippen molar-refractivity contribution in [3.05, 3.63) is 128 Å². The quantitative estimate of drug-likeness (QED) is 0.260. The highest BCUT2D eigenvalue weighted by Gasteiger charge is 2.03. The fraction of sp³-hybridized carbons (Fsp3) is 0. The van der Waals surface area contributed by atoms with Gasteiger partial charge in [-0.3, -0.25) is 4.79 Å². The van der Waals surface area contributed by atoms with Crippen LogP contribution >= 0.6 is 0 Å². The van der Waals surface area contributed by atoms with Gasteiger partial charge in [0, 0.05) is 23.5 Å². The SMILES string of the molecule is C=Cc1nccc(-c2ccc3ccccc3c2)n1.O=Cc1nccc(-c2ccc3ccccc3c2)n1. The highest BCUT2D eigenvalue weighted by Crippen LogP contribution is 2.24. The Kier molecular flexibility index (Phi) is 6.63. The Balaban J connectivity index is 0.000000148. The summed E-state index contributed by atoms with van der Waals surface area (Å²) >= 11 is 0. The van der Waals surface area contributed by atoms with E-state index in [4.69, 9.17) is 0 Å². The second-order valence-electron chi connectivity index (χ2n) is 8.05. The number of nitrogens with zero attached hydrogens (tertiary/aromatic N) is 4. The largest absolute Gasteiger partial charge is 0.294 e. The molecule has 6 aromatic rings. The average Bonchev–Trinajstić information content (AvgIpc) is 2.97. The van der Waals surface area contributed by atoms with Crippen LogP contribution in [0.25, 0.3) is 50.1 Å². The molecule has 5 nitrogen and oxygen atoms in total. The molecule has 2 aromatic heterocycles. The van der Waals surface area contributed by atoms with Gasteiger partial charge in [-0.25, -0.2) is 19.9 Å². The van der Waals surface area contributed by atoms with Crippen molar-refractivity contribution < 1.29 is 4.79 Å². The van der Waals surface area contributed by atoms with Gasteiger partial charge in [-0.05, 0) is 51.9 Å². The number of aldehydes is 1. The van der Waals surface area contributed by atoms with Crippen molar-refractivity contribution in [2.45, 2.75) is 0 Å². The molecular formula is C31H22N4O. The number of benzene rings is 4. The molecule has 0 radical (unpaired) electrons. The van der Waals surface area contributed by atoms with Crippen LogP contribution in [-0.4, -0.2) is 26.2 Å². The molecule has 4 aromatic carbocycles. The second-order valence-corrected chi connectivity index (χ2v) is 8.05. The van der Waals surface area contributed by atoms with Crippen LogP contribution in [0.5, 0.6) is 0 Å². The number of rotatable bonds is 4. The lowest BCUT2D eigenvalue weighted by atomic mass is 10.1. The van der Waals surface area contributed by atoms with Crippen molar-refractivity contribution in [3.63, 3.8) is 0 Å². The molecule has 5 heteroatoms. The van der Waals surface area contributed by atoms with Crippen LogP contribution in [0.15, 0.2) is 116 Å². The zero-order valence-electron chi connectivity index (χ0n) is 19.5. The van der Waals surface area contributed by atoms with Crippen molar-refractivity contribution in [1.29, 1.82) is 0 Å². The van der Waals surface area contributed by atoms with Crippen molar-refractivity contribution in [2.24, 2.45) is 0 Å². The number of carbonyl (C=O) groups is 1. The van der Waals surface area contributed by atoms with Crippen LogP contribution in [0.1, 0.15) is 16.4 Å². The minimum Gasteiger partial charge on any atom is -0.294 e. The number of hydrogen-bond donors (Lipinski definition) is 0. The van der Waals surface area contributed by atoms with Crippen LogP contribution in [0.3, 0.4) is 0 Å². The summed E-state index contributed by atoms with van der Waals surface area (Å²) in [5, 5.41) is 4.79. The highest BCUT2D eigenvalue weighted by atomic mass is 16.1. The van der Waals surface area contributed by atoms with E-state index in [2.05, 4.69) is 75.0 Å². The summed E-state index contributed by atoms with van der Waals surface area (Å²) in [6, 6.07) is 32.6. The van der Waals surface area contributed by atoms with E-state index in [0.717, 1.165) is 27.9 Å². The van der Waals surface area contributed by atoms with E-state index in [1.165, 1.54) is 16.2 Å². The van der Waals surface area contributed by atoms with Gasteiger partial charge >= 0.3 is 0 Å². The molecule has 0 aliphatic rings. The maximum atomic E-state index is 10.7. The van der Waals surface area contributed by atoms with Crippen molar-refractivity contribution in [2.75, 3.05) is 0 Å². The molecular weight excluding hydrogens is 444 g/mol. The monoisotopic (exact) mass is 466 g/mol. The number of hydrogen-bond acceptors (Lipinski definition) is 5. The summed E-state index contributed by atoms with van der Waals surface area (Å²) < 4.78 is 0. The van der Waals surface area contributed by atoms with E-state index in [9.17, 15) is 4.79 Å². The van der Waals surface area contributed by atoms with E-state index >= 15 is 0 Å². The lowest BCUT2D eigenvalue weighted by Gasteiger charge is -2.03. The highest BCUT2D eigenvalue weighted by molar-refractivity contribution is 5.87. The Morgan fingerprint density at radius 3 is 1.53 bits per heavy atom. The normalized spacial score (nSPS) is 10.4. The molecule has 0 atom stereocenters. The summed E-state index contributed by atoms with van der Waals surface area (Å²) in [5.41, 5.74) is 3.77. The average molecular weight is 467 g/mol. The molecule has 36 heavy (non-hydrogen) atoms. The molecule has 172 valence electrons. The molecule has 0 saturated heterocycles. The first-order valence-corrected chi connectivity index (χ1v) is 11.5. The third kappa shape index (κ3) is 5.05. The van der Waals surface area contributed by atoms with Gasteiger partial charge in [0.15, 0.2) is 17.9 Å². The van der Waals surface area contributed by atoms with E-state index in [1.54, 1.807) is 24.5 Å². The van der Waals surface area contributed by atoms with Gasteiger partial charge in [0.1, 0.15) is 0 Å². The van der Waals surface area contributed by atoms with E-state index < -0.39 is 0 Å². The molecule has 0 spiro atoms. The molecule has 0 aliphatic carbocycles. The fourth-order valence-corrected chi connectivity index (χ4v) is 3.92. The van der Waals surface area contributed by atoms with Crippen LogP contribution in [-0.2, 0) is 0 Å². The molecule has 0 fully saturated rings. The van der Waals surface area contributed by atoms with Crippen molar-refractivity contribution in [1.82, 2.24) is 19.9 Å². The van der Waals surface area contributed by atoms with Crippen LogP contribution < -0.4 is 0 Å². The van der Waals surface area contributed by atoms with Crippen LogP contribution in [0.2, 0.25) is 0 Å². The van der Waals surface area contributed by atoms with Crippen molar-refractivity contribution >= 4 is 33.9 Å². The lowest BCUT2D eigenvalue weighted by Crippen LogP contribution is -1.93. The first-order chi connectivity index (χ1) is 17.7. The Bertz CT molecular complexity index is 1570. The maximum Gasteiger partial charge on any atom is 0.193 e. The van der Waals surface area contributed by atoms with Crippen molar-refractivity contribution in [3.8, 4) is 22.5 Å².